The van der Waals surface area contributed by atoms with Gasteiger partial charge in [0, 0.05) is 43.4 Å². The summed E-state index contributed by atoms with van der Waals surface area (Å²) in [6.07, 6.45) is 7.07. The van der Waals surface area contributed by atoms with E-state index in [0.717, 1.165) is 73.5 Å². The van der Waals surface area contributed by atoms with E-state index in [1.165, 1.54) is 11.1 Å². The maximum Gasteiger partial charge on any atom is 0.228 e. The predicted octanol–water partition coefficient (Wildman–Crippen LogP) is 8.41. The Balaban J connectivity index is 1.13. The first-order valence-electron chi connectivity index (χ1n) is 16.4. The Hall–Kier alpha value is -2.48. The van der Waals surface area contributed by atoms with Gasteiger partial charge in [0.2, 0.25) is 5.91 Å². The third kappa shape index (κ3) is 7.96. The van der Waals surface area contributed by atoms with Crippen LogP contribution >= 0.6 is 34.8 Å². The molecule has 3 aromatic carbocycles. The largest absolute Gasteiger partial charge is 0.490 e. The average Bonchev–Trinajstić information content (AvgIpc) is 3.81. The van der Waals surface area contributed by atoms with E-state index >= 15 is 0 Å². The van der Waals surface area contributed by atoms with Crippen molar-refractivity contribution in [2.24, 2.45) is 5.92 Å². The SMILES string of the molecule is COCCCc1ccc(Cl)c(CN(C(=O)[C@@H]2[C@@H](c3ccc(OCCOc4c(Cl)cc(C)cc4Cl)cc3)C[C@@H]3CC[C@H]2N3)C2CC2)c1. The number of carbonyl (C=O) groups is 1. The standard InChI is InChI=1S/C37H43Cl3N2O4/c1-23-18-32(39)36(33(40)19-23)46-17-16-45-29-11-6-25(7-12-29)30-21-27-8-14-34(41-27)35(30)37(43)42(28-9-10-28)22-26-20-24(4-3-15-44-2)5-13-31(26)38/h5-7,11-13,18-20,27-28,30,34-35,41H,3-4,8-10,14-17,21-22H2,1-2H3/t27-,30+,34+,35+/m0/s1. The molecule has 1 N–H and O–H groups in total. The van der Waals surface area contributed by atoms with E-state index in [1.54, 1.807) is 7.11 Å². The molecule has 3 fully saturated rings. The average molecular weight is 686 g/mol. The highest BCUT2D eigenvalue weighted by Crippen LogP contribution is 2.45. The fourth-order valence-corrected chi connectivity index (χ4v) is 8.04. The van der Waals surface area contributed by atoms with Crippen molar-refractivity contribution in [3.05, 3.63) is 91.9 Å². The minimum atomic E-state index is -0.118. The van der Waals surface area contributed by atoms with Gasteiger partial charge in [0.1, 0.15) is 19.0 Å². The van der Waals surface area contributed by atoms with Crippen molar-refractivity contribution in [2.45, 2.75) is 82.5 Å². The highest BCUT2D eigenvalue weighted by atomic mass is 35.5. The predicted molar refractivity (Wildman–Crippen MR) is 185 cm³/mol. The fraction of sp³-hybridized carbons (Fsp3) is 0.486. The Kier molecular flexibility index (Phi) is 11.0. The van der Waals surface area contributed by atoms with Gasteiger partial charge in [-0.3, -0.25) is 4.79 Å². The van der Waals surface area contributed by atoms with E-state index in [2.05, 4.69) is 34.5 Å². The number of fused-ring (bicyclic) bond motifs is 2. The van der Waals surface area contributed by atoms with Crippen LogP contribution in [0.1, 0.15) is 66.7 Å². The molecule has 0 spiro atoms. The van der Waals surface area contributed by atoms with Crippen LogP contribution in [-0.4, -0.2) is 55.9 Å². The molecule has 6 nitrogen and oxygen atoms in total. The molecule has 3 aliphatic rings. The first-order valence-corrected chi connectivity index (χ1v) is 17.6. The number of piperidine rings is 1. The zero-order valence-corrected chi connectivity index (χ0v) is 28.8. The number of rotatable bonds is 14. The molecular weight excluding hydrogens is 643 g/mol. The molecule has 1 amide bonds. The normalized spacial score (nSPS) is 22.1. The molecule has 1 aliphatic carbocycles. The van der Waals surface area contributed by atoms with Gasteiger partial charge in [-0.05, 0) is 110 Å². The second-order valence-electron chi connectivity index (χ2n) is 13.0. The minimum absolute atomic E-state index is 0.118. The van der Waals surface area contributed by atoms with Gasteiger partial charge in [-0.2, -0.15) is 0 Å². The number of hydrogen-bond acceptors (Lipinski definition) is 5. The lowest BCUT2D eigenvalue weighted by Crippen LogP contribution is -2.52. The Morgan fingerprint density at radius 1 is 0.891 bits per heavy atom. The smallest absolute Gasteiger partial charge is 0.228 e. The number of carbonyl (C=O) groups excluding carboxylic acids is 1. The number of methoxy groups -OCH3 is 1. The number of ether oxygens (including phenoxy) is 3. The Labute approximate surface area is 287 Å². The molecule has 4 atom stereocenters. The van der Waals surface area contributed by atoms with Gasteiger partial charge in [0.05, 0.1) is 16.0 Å². The summed E-state index contributed by atoms with van der Waals surface area (Å²) in [6, 6.07) is 19.1. The van der Waals surface area contributed by atoms with Crippen LogP contribution in [0, 0.1) is 12.8 Å². The van der Waals surface area contributed by atoms with Crippen LogP contribution in [0.25, 0.3) is 0 Å². The summed E-state index contributed by atoms with van der Waals surface area (Å²) in [4.78, 5) is 16.7. The highest BCUT2D eigenvalue weighted by Gasteiger charge is 2.48. The van der Waals surface area contributed by atoms with Crippen LogP contribution in [0.3, 0.4) is 0 Å². The van der Waals surface area contributed by atoms with E-state index in [4.69, 9.17) is 49.0 Å². The van der Waals surface area contributed by atoms with Crippen LogP contribution in [-0.2, 0) is 22.5 Å². The molecule has 0 aromatic heterocycles. The van der Waals surface area contributed by atoms with Crippen molar-refractivity contribution in [1.29, 1.82) is 0 Å². The molecular formula is C37H43Cl3N2O4. The lowest BCUT2D eigenvalue weighted by Gasteiger charge is -2.40. The lowest BCUT2D eigenvalue weighted by molar-refractivity contribution is -0.139. The molecule has 9 heteroatoms. The molecule has 2 bridgehead atoms. The van der Waals surface area contributed by atoms with Crippen molar-refractivity contribution in [3.63, 3.8) is 0 Å². The van der Waals surface area contributed by atoms with E-state index in [9.17, 15) is 4.79 Å². The van der Waals surface area contributed by atoms with Gasteiger partial charge in [-0.25, -0.2) is 0 Å². The Morgan fingerprint density at radius 3 is 2.35 bits per heavy atom. The van der Waals surface area contributed by atoms with Gasteiger partial charge < -0.3 is 24.4 Å². The second-order valence-corrected chi connectivity index (χ2v) is 14.2. The van der Waals surface area contributed by atoms with Gasteiger partial charge in [-0.15, -0.1) is 0 Å². The third-order valence-corrected chi connectivity index (χ3v) is 10.5. The van der Waals surface area contributed by atoms with Crippen molar-refractivity contribution >= 4 is 40.7 Å². The topological polar surface area (TPSA) is 60.0 Å². The van der Waals surface area contributed by atoms with E-state index in [0.29, 0.717) is 41.6 Å². The van der Waals surface area contributed by atoms with Gasteiger partial charge >= 0.3 is 0 Å². The number of nitrogens with one attached hydrogen (secondary N) is 1. The molecule has 2 aliphatic heterocycles. The van der Waals surface area contributed by atoms with Crippen LogP contribution in [0.5, 0.6) is 11.5 Å². The number of nitrogens with zero attached hydrogens (tertiary/aromatic N) is 1. The van der Waals surface area contributed by atoms with Crippen LogP contribution in [0.4, 0.5) is 0 Å². The maximum atomic E-state index is 14.6. The second kappa shape index (κ2) is 15.2. The van der Waals surface area contributed by atoms with Crippen molar-refractivity contribution in [2.75, 3.05) is 26.9 Å². The molecule has 2 saturated heterocycles. The summed E-state index contributed by atoms with van der Waals surface area (Å²) in [5, 5.41) is 5.48. The van der Waals surface area contributed by atoms with Crippen molar-refractivity contribution in [3.8, 4) is 11.5 Å². The number of benzene rings is 3. The summed E-state index contributed by atoms with van der Waals surface area (Å²) < 4.78 is 17.0. The lowest BCUT2D eigenvalue weighted by atomic mass is 9.76. The first-order chi connectivity index (χ1) is 22.3. The van der Waals surface area contributed by atoms with Crippen molar-refractivity contribution in [1.82, 2.24) is 10.2 Å². The monoisotopic (exact) mass is 684 g/mol. The zero-order valence-electron chi connectivity index (χ0n) is 26.6. The summed E-state index contributed by atoms with van der Waals surface area (Å²) in [5.74, 6) is 1.50. The van der Waals surface area contributed by atoms with Gasteiger partial charge in [-0.1, -0.05) is 59.1 Å². The molecule has 6 rings (SSSR count). The van der Waals surface area contributed by atoms with Crippen LogP contribution < -0.4 is 14.8 Å². The molecule has 0 radical (unpaired) electrons. The number of aryl methyl sites for hydroxylation is 2. The summed E-state index contributed by atoms with van der Waals surface area (Å²) in [5.41, 5.74) is 4.42. The third-order valence-electron chi connectivity index (χ3n) is 9.55. The number of hydrogen-bond donors (Lipinski definition) is 1. The summed E-state index contributed by atoms with van der Waals surface area (Å²) >= 11 is 19.3. The van der Waals surface area contributed by atoms with E-state index in [-0.39, 0.29) is 29.8 Å². The zero-order chi connectivity index (χ0) is 32.2. The molecule has 1 saturated carbocycles. The van der Waals surface area contributed by atoms with E-state index in [1.807, 2.05) is 37.3 Å². The van der Waals surface area contributed by atoms with Crippen LogP contribution in [0.15, 0.2) is 54.6 Å². The number of amides is 1. The Morgan fingerprint density at radius 2 is 1.63 bits per heavy atom. The van der Waals surface area contributed by atoms with Crippen LogP contribution in [0.2, 0.25) is 15.1 Å². The molecule has 0 unspecified atom stereocenters. The Bertz CT molecular complexity index is 1490. The molecule has 246 valence electrons. The van der Waals surface area contributed by atoms with Crippen molar-refractivity contribution < 1.29 is 19.0 Å². The maximum absolute atomic E-state index is 14.6. The quantitative estimate of drug-likeness (QED) is 0.173. The van der Waals surface area contributed by atoms with Gasteiger partial charge in [0.15, 0.2) is 5.75 Å². The minimum Gasteiger partial charge on any atom is -0.490 e. The number of halogens is 3. The molecule has 46 heavy (non-hydrogen) atoms. The van der Waals surface area contributed by atoms with E-state index < -0.39 is 0 Å². The highest BCUT2D eigenvalue weighted by molar-refractivity contribution is 6.37. The summed E-state index contributed by atoms with van der Waals surface area (Å²) in [6.45, 7) is 3.88. The molecule has 2 heterocycles. The molecule has 3 aromatic rings. The summed E-state index contributed by atoms with van der Waals surface area (Å²) in [7, 11) is 1.73. The van der Waals surface area contributed by atoms with Gasteiger partial charge in [0.25, 0.3) is 0 Å². The first kappa shape index (κ1) is 33.4. The fourth-order valence-electron chi connectivity index (χ4n) is 7.15.